The molecule has 1 aliphatic heterocycles. The molecule has 1 heterocycles. The van der Waals surface area contributed by atoms with Gasteiger partial charge in [0.15, 0.2) is 17.5 Å². The first kappa shape index (κ1) is 24.2. The van der Waals surface area contributed by atoms with Crippen molar-refractivity contribution >= 4 is 5.96 Å². The Morgan fingerprint density at radius 3 is 2.77 bits per heavy atom. The van der Waals surface area contributed by atoms with Gasteiger partial charge in [-0.2, -0.15) is 8.78 Å². The van der Waals surface area contributed by atoms with Crippen LogP contribution in [-0.4, -0.2) is 57.3 Å². The topological polar surface area (TPSA) is 58.1 Å². The van der Waals surface area contributed by atoms with Crippen LogP contribution in [0.5, 0.6) is 11.5 Å². The minimum atomic E-state index is -2.91. The average molecular weight is 427 g/mol. The Bertz CT molecular complexity index is 671. The number of guanidine groups is 1. The molecule has 2 N–H and O–H groups in total. The molecule has 0 radical (unpaired) electrons. The van der Waals surface area contributed by atoms with Crippen LogP contribution in [0.4, 0.5) is 8.78 Å². The lowest BCUT2D eigenvalue weighted by atomic mass is 9.97. The van der Waals surface area contributed by atoms with E-state index in [1.807, 2.05) is 0 Å². The molecule has 1 aromatic rings. The van der Waals surface area contributed by atoms with Crippen LogP contribution in [0, 0.1) is 11.8 Å². The molecule has 30 heavy (non-hydrogen) atoms. The zero-order valence-electron chi connectivity index (χ0n) is 18.6. The number of ether oxygens (including phenoxy) is 2. The maximum Gasteiger partial charge on any atom is 0.387 e. The van der Waals surface area contributed by atoms with Gasteiger partial charge in [0.2, 0.25) is 0 Å². The summed E-state index contributed by atoms with van der Waals surface area (Å²) in [6.45, 7) is 8.27. The van der Waals surface area contributed by atoms with Gasteiger partial charge in [0.1, 0.15) is 0 Å². The number of aliphatic imine (C=N–C) groups is 1. The number of likely N-dealkylation sites (tertiary alicyclic amines) is 1. The van der Waals surface area contributed by atoms with Crippen molar-refractivity contribution in [2.24, 2.45) is 16.8 Å². The number of hydrogen-bond acceptors (Lipinski definition) is 4. The fraction of sp³-hybridized carbons (Fsp3) is 0.682. The maximum absolute atomic E-state index is 12.9. The van der Waals surface area contributed by atoms with Crippen molar-refractivity contribution in [1.29, 1.82) is 0 Å². The molecular weight excluding hydrogens is 390 g/mol. The van der Waals surface area contributed by atoms with Gasteiger partial charge in [0.25, 0.3) is 0 Å². The number of alkyl halides is 2. The quantitative estimate of drug-likeness (QED) is 0.441. The van der Waals surface area contributed by atoms with Crippen LogP contribution in [0.1, 0.15) is 39.2 Å². The zero-order chi connectivity index (χ0) is 21.9. The summed E-state index contributed by atoms with van der Waals surface area (Å²) in [6.07, 6.45) is 2.41. The van der Waals surface area contributed by atoms with E-state index in [4.69, 9.17) is 9.47 Å². The van der Waals surface area contributed by atoms with E-state index in [9.17, 15) is 8.78 Å². The molecule has 1 unspecified atom stereocenters. The summed E-state index contributed by atoms with van der Waals surface area (Å²) in [4.78, 5) is 6.80. The number of piperidine rings is 1. The first-order valence-electron chi connectivity index (χ1n) is 10.8. The monoisotopic (exact) mass is 426 g/mol. The summed E-state index contributed by atoms with van der Waals surface area (Å²) in [5, 5.41) is 6.57. The van der Waals surface area contributed by atoms with Crippen molar-refractivity contribution in [2.75, 3.05) is 39.8 Å². The summed E-state index contributed by atoms with van der Waals surface area (Å²) in [5.74, 6) is 2.25. The number of para-hydroxylation sites is 1. The number of nitrogens with one attached hydrogen (secondary N) is 2. The lowest BCUT2D eigenvalue weighted by Crippen LogP contribution is -2.45. The molecule has 1 atom stereocenters. The van der Waals surface area contributed by atoms with Gasteiger partial charge >= 0.3 is 6.61 Å². The Morgan fingerprint density at radius 2 is 2.10 bits per heavy atom. The molecule has 170 valence electrons. The van der Waals surface area contributed by atoms with Gasteiger partial charge < -0.3 is 25.0 Å². The highest BCUT2D eigenvalue weighted by Crippen LogP contribution is 2.32. The summed E-state index contributed by atoms with van der Waals surface area (Å²) >= 11 is 0. The van der Waals surface area contributed by atoms with Gasteiger partial charge in [-0.1, -0.05) is 26.0 Å². The number of rotatable bonds is 10. The van der Waals surface area contributed by atoms with E-state index in [2.05, 4.69) is 34.4 Å². The summed E-state index contributed by atoms with van der Waals surface area (Å²) in [7, 11) is 1.70. The smallest absolute Gasteiger partial charge is 0.387 e. The number of halogens is 2. The van der Waals surface area contributed by atoms with E-state index in [1.54, 1.807) is 32.2 Å². The van der Waals surface area contributed by atoms with E-state index in [-0.39, 0.29) is 5.75 Å². The van der Waals surface area contributed by atoms with E-state index in [0.29, 0.717) is 42.3 Å². The predicted molar refractivity (Wildman–Crippen MR) is 116 cm³/mol. The number of benzene rings is 1. The Labute approximate surface area is 179 Å². The van der Waals surface area contributed by atoms with E-state index < -0.39 is 6.61 Å². The highest BCUT2D eigenvalue weighted by atomic mass is 19.3. The molecule has 1 fully saturated rings. The summed E-state index contributed by atoms with van der Waals surface area (Å²) in [6, 6.07) is 5.14. The predicted octanol–water partition coefficient (Wildman–Crippen LogP) is 3.72. The van der Waals surface area contributed by atoms with Crippen molar-refractivity contribution in [3.63, 3.8) is 0 Å². The molecule has 8 heteroatoms. The normalized spacial score (nSPS) is 18.0. The van der Waals surface area contributed by atoms with E-state index in [1.165, 1.54) is 19.4 Å². The fourth-order valence-electron chi connectivity index (χ4n) is 3.83. The highest BCUT2D eigenvalue weighted by Gasteiger charge is 2.21. The van der Waals surface area contributed by atoms with Gasteiger partial charge in [-0.15, -0.1) is 0 Å². The van der Waals surface area contributed by atoms with Crippen molar-refractivity contribution < 1.29 is 18.3 Å². The van der Waals surface area contributed by atoms with Gasteiger partial charge in [-0.05, 0) is 44.2 Å². The SMILES string of the molecule is CCOc1cccc(CNC(=NC)NCC2CCCN(CC(C)C)C2)c1OC(F)F. The second-order valence-electron chi connectivity index (χ2n) is 8.02. The third kappa shape index (κ3) is 7.97. The van der Waals surface area contributed by atoms with Crippen LogP contribution in [0.2, 0.25) is 0 Å². The zero-order valence-corrected chi connectivity index (χ0v) is 18.6. The van der Waals surface area contributed by atoms with Crippen LogP contribution in [0.25, 0.3) is 0 Å². The first-order chi connectivity index (χ1) is 14.4. The van der Waals surface area contributed by atoms with E-state index >= 15 is 0 Å². The molecule has 6 nitrogen and oxygen atoms in total. The lowest BCUT2D eigenvalue weighted by molar-refractivity contribution is -0.0520. The largest absolute Gasteiger partial charge is 0.490 e. The molecule has 2 rings (SSSR count). The third-order valence-electron chi connectivity index (χ3n) is 5.02. The fourth-order valence-corrected chi connectivity index (χ4v) is 3.83. The first-order valence-corrected chi connectivity index (χ1v) is 10.8. The van der Waals surface area contributed by atoms with Crippen molar-refractivity contribution in [3.05, 3.63) is 23.8 Å². The van der Waals surface area contributed by atoms with Gasteiger partial charge in [0.05, 0.1) is 6.61 Å². The maximum atomic E-state index is 12.9. The molecule has 1 aliphatic rings. The Balaban J connectivity index is 1.92. The van der Waals surface area contributed by atoms with Crippen LogP contribution < -0.4 is 20.1 Å². The molecule has 0 aromatic heterocycles. The van der Waals surface area contributed by atoms with Crippen LogP contribution in [-0.2, 0) is 6.54 Å². The standard InChI is InChI=1S/C22H36F2N4O2/c1-5-29-19-10-6-9-18(20(19)30-21(23)24)13-27-22(25-4)26-12-17-8-7-11-28(15-17)14-16(2)3/h6,9-10,16-17,21H,5,7-8,11-15H2,1-4H3,(H2,25,26,27). The molecule has 0 amide bonds. The van der Waals surface area contributed by atoms with Crippen molar-refractivity contribution in [1.82, 2.24) is 15.5 Å². The van der Waals surface area contributed by atoms with Gasteiger partial charge in [0, 0.05) is 38.8 Å². The molecule has 1 aromatic carbocycles. The lowest BCUT2D eigenvalue weighted by Gasteiger charge is -2.34. The molecule has 0 aliphatic carbocycles. The number of hydrogen-bond donors (Lipinski definition) is 2. The molecule has 0 bridgehead atoms. The van der Waals surface area contributed by atoms with E-state index in [0.717, 1.165) is 19.6 Å². The second kappa shape index (κ2) is 12.6. The summed E-state index contributed by atoms with van der Waals surface area (Å²) in [5.41, 5.74) is 0.588. The van der Waals surface area contributed by atoms with Crippen molar-refractivity contribution in [3.8, 4) is 11.5 Å². The van der Waals surface area contributed by atoms with Crippen LogP contribution >= 0.6 is 0 Å². The number of nitrogens with zero attached hydrogens (tertiary/aromatic N) is 2. The van der Waals surface area contributed by atoms with Crippen LogP contribution in [0.3, 0.4) is 0 Å². The second-order valence-corrected chi connectivity index (χ2v) is 8.02. The average Bonchev–Trinajstić information content (AvgIpc) is 2.69. The third-order valence-corrected chi connectivity index (χ3v) is 5.02. The Hall–Kier alpha value is -2.09. The molecule has 0 spiro atoms. The Kier molecular flexibility index (Phi) is 10.1. The highest BCUT2D eigenvalue weighted by molar-refractivity contribution is 5.79. The molecule has 0 saturated carbocycles. The summed E-state index contributed by atoms with van der Waals surface area (Å²) < 4.78 is 35.9. The molecule has 1 saturated heterocycles. The Morgan fingerprint density at radius 1 is 1.30 bits per heavy atom. The van der Waals surface area contributed by atoms with Gasteiger partial charge in [-0.3, -0.25) is 4.99 Å². The molecular formula is C22H36F2N4O2. The minimum absolute atomic E-state index is 0.0638. The van der Waals surface area contributed by atoms with Gasteiger partial charge in [-0.25, -0.2) is 0 Å². The van der Waals surface area contributed by atoms with Crippen LogP contribution in [0.15, 0.2) is 23.2 Å². The van der Waals surface area contributed by atoms with Crippen molar-refractivity contribution in [2.45, 2.75) is 46.8 Å². The minimum Gasteiger partial charge on any atom is -0.490 e.